The molecule has 1 aliphatic carbocycles. The number of hydrogen-bond donors (Lipinski definition) is 1. The standard InChI is InChI=1S/C19H21NO4S/c1-23-15-7-4-5-13(9-15)11-20-18(21)12-24-19(22)17-10-14-6-2-3-8-16(14)25-17/h4-5,7,9-10H,2-3,6,8,11-12H2,1H3,(H,20,21). The second-order valence-corrected chi connectivity index (χ2v) is 7.11. The summed E-state index contributed by atoms with van der Waals surface area (Å²) in [4.78, 5) is 25.9. The highest BCUT2D eigenvalue weighted by atomic mass is 32.1. The van der Waals surface area contributed by atoms with Gasteiger partial charge >= 0.3 is 5.97 Å². The molecule has 0 saturated carbocycles. The van der Waals surface area contributed by atoms with Crippen LogP contribution in [0.15, 0.2) is 30.3 Å². The first-order chi connectivity index (χ1) is 12.2. The smallest absolute Gasteiger partial charge is 0.348 e. The molecule has 1 aromatic carbocycles. The van der Waals surface area contributed by atoms with Crippen molar-refractivity contribution in [3.05, 3.63) is 51.2 Å². The van der Waals surface area contributed by atoms with Crippen molar-refractivity contribution >= 4 is 23.2 Å². The van der Waals surface area contributed by atoms with E-state index in [0.29, 0.717) is 11.4 Å². The molecule has 6 heteroatoms. The van der Waals surface area contributed by atoms with E-state index in [1.807, 2.05) is 30.3 Å². The lowest BCUT2D eigenvalue weighted by atomic mass is 9.99. The molecule has 0 saturated heterocycles. The number of rotatable bonds is 6. The molecule has 1 aromatic heterocycles. The van der Waals surface area contributed by atoms with Gasteiger partial charge in [0, 0.05) is 11.4 Å². The number of amides is 1. The van der Waals surface area contributed by atoms with E-state index in [1.54, 1.807) is 7.11 Å². The first-order valence-corrected chi connectivity index (χ1v) is 9.15. The Labute approximate surface area is 151 Å². The molecule has 1 N–H and O–H groups in total. The maximum Gasteiger partial charge on any atom is 0.348 e. The first kappa shape index (κ1) is 17.5. The minimum absolute atomic E-state index is 0.272. The van der Waals surface area contributed by atoms with E-state index in [2.05, 4.69) is 5.32 Å². The molecule has 1 heterocycles. The molecule has 0 fully saturated rings. The van der Waals surface area contributed by atoms with Gasteiger partial charge in [0.25, 0.3) is 5.91 Å². The van der Waals surface area contributed by atoms with Gasteiger partial charge in [-0.25, -0.2) is 4.79 Å². The van der Waals surface area contributed by atoms with Crippen molar-refractivity contribution in [1.82, 2.24) is 5.32 Å². The molecule has 1 aliphatic rings. The zero-order chi connectivity index (χ0) is 17.6. The van der Waals surface area contributed by atoms with Crippen LogP contribution < -0.4 is 10.1 Å². The predicted octanol–water partition coefficient (Wildman–Crippen LogP) is 3.11. The van der Waals surface area contributed by atoms with Gasteiger partial charge in [0.2, 0.25) is 0 Å². The Morgan fingerprint density at radius 1 is 1.20 bits per heavy atom. The fraction of sp³-hybridized carbons (Fsp3) is 0.368. The number of hydrogen-bond acceptors (Lipinski definition) is 5. The fourth-order valence-electron chi connectivity index (χ4n) is 2.83. The Balaban J connectivity index is 1.46. The van der Waals surface area contributed by atoms with Crippen LogP contribution in [0.25, 0.3) is 0 Å². The molecule has 0 radical (unpaired) electrons. The Bertz CT molecular complexity index is 745. The maximum absolute atomic E-state index is 12.1. The van der Waals surface area contributed by atoms with Crippen LogP contribution in [0.3, 0.4) is 0 Å². The molecule has 25 heavy (non-hydrogen) atoms. The summed E-state index contributed by atoms with van der Waals surface area (Å²) in [6.07, 6.45) is 4.41. The number of ether oxygens (including phenoxy) is 2. The van der Waals surface area contributed by atoms with Gasteiger partial charge in [0.1, 0.15) is 10.6 Å². The summed E-state index contributed by atoms with van der Waals surface area (Å²) in [7, 11) is 1.60. The average molecular weight is 359 g/mol. The minimum Gasteiger partial charge on any atom is -0.497 e. The van der Waals surface area contributed by atoms with Crippen molar-refractivity contribution in [2.75, 3.05) is 13.7 Å². The molecule has 5 nitrogen and oxygen atoms in total. The van der Waals surface area contributed by atoms with Crippen LogP contribution in [0.5, 0.6) is 5.75 Å². The number of fused-ring (bicyclic) bond motifs is 1. The zero-order valence-electron chi connectivity index (χ0n) is 14.2. The quantitative estimate of drug-likeness (QED) is 0.805. The summed E-state index contributed by atoms with van der Waals surface area (Å²) >= 11 is 1.49. The highest BCUT2D eigenvalue weighted by Crippen LogP contribution is 2.29. The summed E-state index contributed by atoms with van der Waals surface area (Å²) in [5.74, 6) is -0.00624. The van der Waals surface area contributed by atoms with E-state index >= 15 is 0 Å². The van der Waals surface area contributed by atoms with Gasteiger partial charge in [0.05, 0.1) is 7.11 Å². The van der Waals surface area contributed by atoms with Crippen LogP contribution in [0.2, 0.25) is 0 Å². The Kier molecular flexibility index (Phi) is 5.71. The molecule has 2 aromatic rings. The average Bonchev–Trinajstić information content (AvgIpc) is 3.09. The third kappa shape index (κ3) is 4.60. The predicted molar refractivity (Wildman–Crippen MR) is 96.1 cm³/mol. The molecular weight excluding hydrogens is 338 g/mol. The van der Waals surface area contributed by atoms with Crippen molar-refractivity contribution in [2.45, 2.75) is 32.2 Å². The van der Waals surface area contributed by atoms with Crippen LogP contribution >= 0.6 is 11.3 Å². The SMILES string of the molecule is COc1cccc(CNC(=O)COC(=O)c2cc3c(s2)CCCC3)c1. The number of nitrogens with one attached hydrogen (secondary N) is 1. The van der Waals surface area contributed by atoms with Crippen molar-refractivity contribution in [3.63, 3.8) is 0 Å². The van der Waals surface area contributed by atoms with Crippen LogP contribution in [0, 0.1) is 0 Å². The van der Waals surface area contributed by atoms with Crippen molar-refractivity contribution in [3.8, 4) is 5.75 Å². The highest BCUT2D eigenvalue weighted by molar-refractivity contribution is 7.14. The van der Waals surface area contributed by atoms with E-state index in [1.165, 1.54) is 34.6 Å². The van der Waals surface area contributed by atoms with Crippen LogP contribution in [0.1, 0.15) is 38.5 Å². The highest BCUT2D eigenvalue weighted by Gasteiger charge is 2.18. The molecule has 0 bridgehead atoms. The van der Waals surface area contributed by atoms with Crippen LogP contribution in [0.4, 0.5) is 0 Å². The van der Waals surface area contributed by atoms with Gasteiger partial charge < -0.3 is 14.8 Å². The first-order valence-electron chi connectivity index (χ1n) is 8.34. The Morgan fingerprint density at radius 2 is 2.04 bits per heavy atom. The van der Waals surface area contributed by atoms with Crippen LogP contribution in [-0.4, -0.2) is 25.6 Å². The Morgan fingerprint density at radius 3 is 2.84 bits per heavy atom. The molecule has 132 valence electrons. The van der Waals surface area contributed by atoms with Crippen molar-refractivity contribution in [2.24, 2.45) is 0 Å². The number of carbonyl (C=O) groups excluding carboxylic acids is 2. The fourth-order valence-corrected chi connectivity index (χ4v) is 3.97. The maximum atomic E-state index is 12.1. The lowest BCUT2D eigenvalue weighted by Crippen LogP contribution is -2.28. The molecule has 0 aliphatic heterocycles. The van der Waals surface area contributed by atoms with Gasteiger partial charge in [-0.15, -0.1) is 11.3 Å². The zero-order valence-corrected chi connectivity index (χ0v) is 15.0. The number of thiophene rings is 1. The Hall–Kier alpha value is -2.34. The van der Waals surface area contributed by atoms with Gasteiger partial charge in [-0.05, 0) is 55.0 Å². The summed E-state index contributed by atoms with van der Waals surface area (Å²) in [5.41, 5.74) is 2.18. The van der Waals surface area contributed by atoms with E-state index in [-0.39, 0.29) is 12.5 Å². The molecular formula is C19H21NO4S. The van der Waals surface area contributed by atoms with Gasteiger partial charge in [-0.2, -0.15) is 0 Å². The van der Waals surface area contributed by atoms with Crippen molar-refractivity contribution in [1.29, 1.82) is 0 Å². The molecule has 1 amide bonds. The third-order valence-electron chi connectivity index (χ3n) is 4.16. The van der Waals surface area contributed by atoms with Crippen LogP contribution in [-0.2, 0) is 28.9 Å². The normalized spacial score (nSPS) is 13.0. The second-order valence-electron chi connectivity index (χ2n) is 5.97. The number of benzene rings is 1. The van der Waals surface area contributed by atoms with E-state index in [0.717, 1.165) is 24.2 Å². The number of methoxy groups -OCH3 is 1. The van der Waals surface area contributed by atoms with E-state index in [4.69, 9.17) is 9.47 Å². The summed E-state index contributed by atoms with van der Waals surface area (Å²) in [6, 6.07) is 9.36. The van der Waals surface area contributed by atoms with E-state index in [9.17, 15) is 9.59 Å². The molecule has 0 unspecified atom stereocenters. The number of aryl methyl sites for hydroxylation is 2. The van der Waals surface area contributed by atoms with Gasteiger partial charge in [-0.1, -0.05) is 12.1 Å². The topological polar surface area (TPSA) is 64.6 Å². The molecule has 0 atom stereocenters. The minimum atomic E-state index is -0.420. The third-order valence-corrected chi connectivity index (χ3v) is 5.37. The summed E-state index contributed by atoms with van der Waals surface area (Å²) in [5, 5.41) is 2.74. The molecule has 0 spiro atoms. The second kappa shape index (κ2) is 8.16. The van der Waals surface area contributed by atoms with E-state index < -0.39 is 5.97 Å². The lowest BCUT2D eigenvalue weighted by molar-refractivity contribution is -0.124. The van der Waals surface area contributed by atoms with Gasteiger partial charge in [-0.3, -0.25) is 4.79 Å². The monoisotopic (exact) mass is 359 g/mol. The summed E-state index contributed by atoms with van der Waals surface area (Å²) in [6.45, 7) is 0.0895. The van der Waals surface area contributed by atoms with Crippen molar-refractivity contribution < 1.29 is 19.1 Å². The number of carbonyl (C=O) groups is 2. The molecule has 3 rings (SSSR count). The largest absolute Gasteiger partial charge is 0.497 e. The van der Waals surface area contributed by atoms with Gasteiger partial charge in [0.15, 0.2) is 6.61 Å². The lowest BCUT2D eigenvalue weighted by Gasteiger charge is -2.08. The summed E-state index contributed by atoms with van der Waals surface area (Å²) < 4.78 is 10.3. The number of esters is 1.